The third-order valence-electron chi connectivity index (χ3n) is 2.86. The summed E-state index contributed by atoms with van der Waals surface area (Å²) in [6.07, 6.45) is 0. The molecule has 0 spiro atoms. The third kappa shape index (κ3) is 3.43. The van der Waals surface area contributed by atoms with Crippen LogP contribution in [0.25, 0.3) is 11.5 Å². The number of benzene rings is 2. The van der Waals surface area contributed by atoms with Gasteiger partial charge in [0.05, 0.1) is 6.54 Å². The number of nitrogens with one attached hydrogen (secondary N) is 1. The Balaban J connectivity index is 1.71. The molecule has 0 atom stereocenters. The Labute approximate surface area is 135 Å². The van der Waals surface area contributed by atoms with Gasteiger partial charge in [-0.1, -0.05) is 23.7 Å². The summed E-state index contributed by atoms with van der Waals surface area (Å²) in [5, 5.41) is 12.0. The van der Waals surface area contributed by atoms with Crippen LogP contribution in [-0.4, -0.2) is 10.2 Å². The van der Waals surface area contributed by atoms with Gasteiger partial charge in [-0.05, 0) is 52.3 Å². The average Bonchev–Trinajstić information content (AvgIpc) is 2.96. The van der Waals surface area contributed by atoms with E-state index in [1.807, 2.05) is 36.4 Å². The third-order valence-corrected chi connectivity index (χ3v) is 3.81. The molecular weight excluding hydrogens is 354 g/mol. The zero-order chi connectivity index (χ0) is 14.7. The van der Waals surface area contributed by atoms with E-state index >= 15 is 0 Å². The molecule has 0 aliphatic rings. The molecule has 1 aromatic heterocycles. The van der Waals surface area contributed by atoms with E-state index in [0.29, 0.717) is 23.3 Å². The van der Waals surface area contributed by atoms with Crippen LogP contribution < -0.4 is 5.32 Å². The van der Waals surface area contributed by atoms with Crippen LogP contribution >= 0.6 is 27.5 Å². The zero-order valence-corrected chi connectivity index (χ0v) is 13.2. The quantitative estimate of drug-likeness (QED) is 0.725. The number of halogens is 2. The number of aromatic nitrogens is 2. The lowest BCUT2D eigenvalue weighted by Crippen LogP contribution is -2.00. The van der Waals surface area contributed by atoms with Gasteiger partial charge in [-0.3, -0.25) is 0 Å². The molecule has 0 saturated carbocycles. The number of hydrogen-bond donors (Lipinski definition) is 1. The van der Waals surface area contributed by atoms with Gasteiger partial charge in [0.1, 0.15) is 0 Å². The summed E-state index contributed by atoms with van der Waals surface area (Å²) >= 11 is 9.33. The van der Waals surface area contributed by atoms with E-state index in [1.165, 1.54) is 0 Å². The molecule has 0 aliphatic carbocycles. The van der Waals surface area contributed by atoms with E-state index < -0.39 is 0 Å². The van der Waals surface area contributed by atoms with Gasteiger partial charge in [-0.15, -0.1) is 10.2 Å². The standard InChI is InChI=1S/C15H11BrClN3O/c16-12-3-1-2-4-13(12)18-9-14-19-20-15(21-14)10-5-7-11(17)8-6-10/h1-8,18H,9H2. The smallest absolute Gasteiger partial charge is 0.247 e. The van der Waals surface area contributed by atoms with E-state index in [4.69, 9.17) is 16.0 Å². The monoisotopic (exact) mass is 363 g/mol. The van der Waals surface area contributed by atoms with Gasteiger partial charge in [0.2, 0.25) is 11.8 Å². The van der Waals surface area contributed by atoms with E-state index in [-0.39, 0.29) is 0 Å². The van der Waals surface area contributed by atoms with Gasteiger partial charge in [0, 0.05) is 20.7 Å². The lowest BCUT2D eigenvalue weighted by Gasteiger charge is -2.05. The predicted octanol–water partition coefficient (Wildman–Crippen LogP) is 4.76. The molecule has 6 heteroatoms. The maximum atomic E-state index is 5.86. The van der Waals surface area contributed by atoms with Crippen LogP contribution in [0.1, 0.15) is 5.89 Å². The Morgan fingerprint density at radius 1 is 1.05 bits per heavy atom. The van der Waals surface area contributed by atoms with Crippen molar-refractivity contribution in [2.24, 2.45) is 0 Å². The van der Waals surface area contributed by atoms with Gasteiger partial charge < -0.3 is 9.73 Å². The maximum Gasteiger partial charge on any atom is 0.247 e. The van der Waals surface area contributed by atoms with Gasteiger partial charge >= 0.3 is 0 Å². The van der Waals surface area contributed by atoms with E-state index in [0.717, 1.165) is 15.7 Å². The molecule has 3 rings (SSSR count). The lowest BCUT2D eigenvalue weighted by molar-refractivity contribution is 0.515. The summed E-state index contributed by atoms with van der Waals surface area (Å²) in [5.41, 5.74) is 1.82. The Morgan fingerprint density at radius 2 is 1.81 bits per heavy atom. The second kappa shape index (κ2) is 6.28. The second-order valence-electron chi connectivity index (χ2n) is 4.34. The summed E-state index contributed by atoms with van der Waals surface area (Å²) in [4.78, 5) is 0. The van der Waals surface area contributed by atoms with Crippen LogP contribution in [0.15, 0.2) is 57.4 Å². The first-order valence-corrected chi connectivity index (χ1v) is 7.46. The molecule has 0 saturated heterocycles. The van der Waals surface area contributed by atoms with Crippen molar-refractivity contribution in [2.75, 3.05) is 5.32 Å². The highest BCUT2D eigenvalue weighted by molar-refractivity contribution is 9.10. The molecule has 0 unspecified atom stereocenters. The Hall–Kier alpha value is -1.85. The molecule has 0 amide bonds. The van der Waals surface area contributed by atoms with E-state index in [2.05, 4.69) is 31.4 Å². The van der Waals surface area contributed by atoms with Crippen LogP contribution in [0.2, 0.25) is 5.02 Å². The Bertz CT molecular complexity index is 743. The summed E-state index contributed by atoms with van der Waals surface area (Å²) in [7, 11) is 0. The molecule has 0 radical (unpaired) electrons. The van der Waals surface area contributed by atoms with Gasteiger partial charge in [-0.25, -0.2) is 0 Å². The van der Waals surface area contributed by atoms with E-state index in [9.17, 15) is 0 Å². The minimum atomic E-state index is 0.462. The van der Waals surface area contributed by atoms with Crippen molar-refractivity contribution in [3.05, 3.63) is 63.9 Å². The van der Waals surface area contributed by atoms with Crippen LogP contribution in [0.4, 0.5) is 5.69 Å². The van der Waals surface area contributed by atoms with Crippen LogP contribution in [0.5, 0.6) is 0 Å². The first kappa shape index (κ1) is 14.1. The van der Waals surface area contributed by atoms with Crippen LogP contribution in [-0.2, 0) is 6.54 Å². The zero-order valence-electron chi connectivity index (χ0n) is 10.9. The van der Waals surface area contributed by atoms with Gasteiger partial charge in [-0.2, -0.15) is 0 Å². The molecule has 1 heterocycles. The van der Waals surface area contributed by atoms with Crippen molar-refractivity contribution < 1.29 is 4.42 Å². The van der Waals surface area contributed by atoms with Crippen molar-refractivity contribution in [1.82, 2.24) is 10.2 Å². The minimum absolute atomic E-state index is 0.462. The lowest BCUT2D eigenvalue weighted by atomic mass is 10.2. The summed E-state index contributed by atoms with van der Waals surface area (Å²) in [6.45, 7) is 0.462. The minimum Gasteiger partial charge on any atom is -0.419 e. The molecule has 1 N–H and O–H groups in total. The van der Waals surface area contributed by atoms with Crippen molar-refractivity contribution in [3.8, 4) is 11.5 Å². The largest absolute Gasteiger partial charge is 0.419 e. The molecule has 106 valence electrons. The highest BCUT2D eigenvalue weighted by Gasteiger charge is 2.08. The summed E-state index contributed by atoms with van der Waals surface area (Å²) < 4.78 is 6.62. The molecule has 3 aromatic rings. The number of hydrogen-bond acceptors (Lipinski definition) is 4. The number of rotatable bonds is 4. The van der Waals surface area contributed by atoms with E-state index in [1.54, 1.807) is 12.1 Å². The molecule has 0 bridgehead atoms. The fourth-order valence-electron chi connectivity index (χ4n) is 1.81. The number of para-hydroxylation sites is 1. The normalized spacial score (nSPS) is 10.6. The van der Waals surface area contributed by atoms with Crippen molar-refractivity contribution in [2.45, 2.75) is 6.54 Å². The molecule has 0 aliphatic heterocycles. The van der Waals surface area contributed by atoms with Crippen LogP contribution in [0, 0.1) is 0 Å². The summed E-state index contributed by atoms with van der Waals surface area (Å²) in [5.74, 6) is 1.01. The first-order valence-electron chi connectivity index (χ1n) is 6.29. The molecule has 0 fully saturated rings. The highest BCUT2D eigenvalue weighted by atomic mass is 79.9. The maximum absolute atomic E-state index is 5.86. The van der Waals surface area contributed by atoms with Gasteiger partial charge in [0.15, 0.2) is 0 Å². The van der Waals surface area contributed by atoms with Crippen molar-refractivity contribution in [3.63, 3.8) is 0 Å². The van der Waals surface area contributed by atoms with Crippen molar-refractivity contribution >= 4 is 33.2 Å². The average molecular weight is 365 g/mol. The van der Waals surface area contributed by atoms with Crippen LogP contribution in [0.3, 0.4) is 0 Å². The van der Waals surface area contributed by atoms with Crippen molar-refractivity contribution in [1.29, 1.82) is 0 Å². The number of anilines is 1. The number of nitrogens with zero attached hydrogens (tertiary/aromatic N) is 2. The molecule has 21 heavy (non-hydrogen) atoms. The second-order valence-corrected chi connectivity index (χ2v) is 5.63. The summed E-state index contributed by atoms with van der Waals surface area (Å²) in [6, 6.07) is 15.1. The molecular formula is C15H11BrClN3O. The predicted molar refractivity (Wildman–Crippen MR) is 86.2 cm³/mol. The Morgan fingerprint density at radius 3 is 2.57 bits per heavy atom. The fraction of sp³-hybridized carbons (Fsp3) is 0.0667. The molecule has 2 aromatic carbocycles. The Kier molecular flexibility index (Phi) is 4.22. The van der Waals surface area contributed by atoms with Gasteiger partial charge in [0.25, 0.3) is 0 Å². The fourth-order valence-corrected chi connectivity index (χ4v) is 2.36. The SMILES string of the molecule is Clc1ccc(-c2nnc(CNc3ccccc3Br)o2)cc1. The highest BCUT2D eigenvalue weighted by Crippen LogP contribution is 2.23. The molecule has 4 nitrogen and oxygen atoms in total. The first-order chi connectivity index (χ1) is 10.2. The topological polar surface area (TPSA) is 51.0 Å².